The average molecular weight is 474 g/mol. The fourth-order valence-electron chi connectivity index (χ4n) is 3.32. The number of aliphatic carboxylic acids is 1. The van der Waals surface area contributed by atoms with Gasteiger partial charge in [-0.25, -0.2) is 8.42 Å². The van der Waals surface area contributed by atoms with Crippen LogP contribution in [-0.4, -0.2) is 38.4 Å². The van der Waals surface area contributed by atoms with Gasteiger partial charge in [-0.15, -0.1) is 11.3 Å². The molecule has 2 radical (unpaired) electrons. The van der Waals surface area contributed by atoms with Gasteiger partial charge in [-0.1, -0.05) is 47.1 Å². The molecule has 1 atom stereocenters. The van der Waals surface area contributed by atoms with E-state index >= 15 is 0 Å². The molecule has 2 aromatic carbocycles. The van der Waals surface area contributed by atoms with Gasteiger partial charge in [0.25, 0.3) is 10.0 Å². The number of thiophene rings is 1. The summed E-state index contributed by atoms with van der Waals surface area (Å²) in [6.45, 7) is 1.99. The summed E-state index contributed by atoms with van der Waals surface area (Å²) in [6.07, 6.45) is 1.64. The summed E-state index contributed by atoms with van der Waals surface area (Å²) in [4.78, 5) is 15.4. The van der Waals surface area contributed by atoms with Crippen molar-refractivity contribution in [3.63, 3.8) is 0 Å². The van der Waals surface area contributed by atoms with Crippen LogP contribution in [0.1, 0.15) is 21.6 Å². The Balaban J connectivity index is 1.52. The second-order valence-electron chi connectivity index (χ2n) is 7.57. The second kappa shape index (κ2) is 9.28. The van der Waals surface area contributed by atoms with Crippen molar-refractivity contribution in [1.82, 2.24) is 9.71 Å². The number of carboxylic acid groups (broad SMARTS) is 1. The van der Waals surface area contributed by atoms with Gasteiger partial charge in [0, 0.05) is 29.1 Å². The van der Waals surface area contributed by atoms with E-state index in [1.807, 2.05) is 31.2 Å². The highest BCUT2D eigenvalue weighted by Gasteiger charge is 2.27. The molecule has 0 bridgehead atoms. The van der Waals surface area contributed by atoms with Crippen LogP contribution in [0.5, 0.6) is 0 Å². The molecule has 0 aliphatic rings. The van der Waals surface area contributed by atoms with Crippen molar-refractivity contribution < 1.29 is 18.3 Å². The lowest BCUT2D eigenvalue weighted by atomic mass is 9.94. The summed E-state index contributed by atoms with van der Waals surface area (Å²) in [7, 11) is 1.73. The summed E-state index contributed by atoms with van der Waals surface area (Å²) in [5.74, 6) is 4.69. The van der Waals surface area contributed by atoms with E-state index < -0.39 is 22.0 Å². The Bertz CT molecular complexity index is 1490. The highest BCUT2D eigenvalue weighted by molar-refractivity contribution is 7.91. The van der Waals surface area contributed by atoms with Gasteiger partial charge < -0.3 is 10.1 Å². The summed E-state index contributed by atoms with van der Waals surface area (Å²) >= 11 is 0.991. The Kier molecular flexibility index (Phi) is 6.43. The first-order valence-electron chi connectivity index (χ1n) is 10.0. The molecule has 0 fully saturated rings. The quantitative estimate of drug-likeness (QED) is 0.296. The molecule has 0 unspecified atom stereocenters. The van der Waals surface area contributed by atoms with Crippen LogP contribution in [0.15, 0.2) is 65.0 Å². The molecule has 0 aliphatic heterocycles. The van der Waals surface area contributed by atoms with E-state index in [9.17, 15) is 18.3 Å². The lowest BCUT2D eigenvalue weighted by Crippen LogP contribution is -2.42. The van der Waals surface area contributed by atoms with Gasteiger partial charge in [-0.3, -0.25) is 4.79 Å². The summed E-state index contributed by atoms with van der Waals surface area (Å²) in [5, 5.41) is 10.4. The first-order chi connectivity index (χ1) is 15.7. The van der Waals surface area contributed by atoms with Crippen molar-refractivity contribution in [2.45, 2.75) is 23.6 Å². The second-order valence-corrected chi connectivity index (χ2v) is 10.6. The predicted molar refractivity (Wildman–Crippen MR) is 131 cm³/mol. The smallest absolute Gasteiger partial charge is 0.322 e. The van der Waals surface area contributed by atoms with Gasteiger partial charge in [0.15, 0.2) is 0 Å². The molecule has 4 rings (SSSR count). The van der Waals surface area contributed by atoms with Gasteiger partial charge in [0.1, 0.15) is 18.1 Å². The zero-order valence-electron chi connectivity index (χ0n) is 17.6. The number of rotatable bonds is 6. The topological polar surface area (TPSA) is 99.3 Å². The van der Waals surface area contributed by atoms with Gasteiger partial charge in [0.2, 0.25) is 0 Å². The molecule has 2 aromatic heterocycles. The molecule has 4 aromatic rings. The van der Waals surface area contributed by atoms with Crippen LogP contribution in [0.25, 0.3) is 10.9 Å². The van der Waals surface area contributed by atoms with Crippen molar-refractivity contribution in [2.75, 3.05) is 0 Å². The first kappa shape index (κ1) is 22.9. The highest BCUT2D eigenvalue weighted by Crippen LogP contribution is 2.23. The number of sulfonamides is 1. The maximum Gasteiger partial charge on any atom is 0.322 e. The highest BCUT2D eigenvalue weighted by atomic mass is 32.2. The van der Waals surface area contributed by atoms with E-state index in [1.54, 1.807) is 30.5 Å². The van der Waals surface area contributed by atoms with Crippen LogP contribution in [0.2, 0.25) is 0 Å². The Morgan fingerprint density at radius 1 is 1.15 bits per heavy atom. The Morgan fingerprint density at radius 3 is 2.64 bits per heavy atom. The van der Waals surface area contributed by atoms with Crippen molar-refractivity contribution >= 4 is 51.5 Å². The number of aryl methyl sites for hydroxylation is 1. The lowest BCUT2D eigenvalue weighted by Gasteiger charge is -2.13. The van der Waals surface area contributed by atoms with E-state index in [0.29, 0.717) is 15.9 Å². The lowest BCUT2D eigenvalue weighted by molar-refractivity contribution is -0.138. The number of fused-ring (bicyclic) bond motifs is 1. The summed E-state index contributed by atoms with van der Waals surface area (Å²) in [5.41, 5.74) is 3.96. The van der Waals surface area contributed by atoms with Crippen molar-refractivity contribution in [3.05, 3.63) is 82.4 Å². The number of carbonyl (C=O) groups is 1. The number of H-pyrrole nitrogens is 1. The van der Waals surface area contributed by atoms with Crippen molar-refractivity contribution in [3.8, 4) is 11.8 Å². The third-order valence-corrected chi connectivity index (χ3v) is 8.00. The van der Waals surface area contributed by atoms with E-state index in [2.05, 4.69) is 21.5 Å². The number of benzene rings is 2. The van der Waals surface area contributed by atoms with Crippen LogP contribution in [0.3, 0.4) is 0 Å². The average Bonchev–Trinajstić information content (AvgIpc) is 3.40. The molecule has 0 saturated carbocycles. The monoisotopic (exact) mass is 474 g/mol. The zero-order valence-corrected chi connectivity index (χ0v) is 19.3. The molecule has 9 heteroatoms. The molecule has 0 spiro atoms. The van der Waals surface area contributed by atoms with Crippen LogP contribution in [-0.2, 0) is 21.2 Å². The number of carboxylic acids is 1. The number of aromatic amines is 1. The molecule has 2 heterocycles. The fourth-order valence-corrected chi connectivity index (χ4v) is 5.69. The van der Waals surface area contributed by atoms with Gasteiger partial charge >= 0.3 is 5.97 Å². The van der Waals surface area contributed by atoms with E-state index in [-0.39, 0.29) is 10.6 Å². The van der Waals surface area contributed by atoms with Crippen molar-refractivity contribution in [1.29, 1.82) is 0 Å². The number of hydrogen-bond acceptors (Lipinski definition) is 4. The minimum atomic E-state index is -4.05. The van der Waals surface area contributed by atoms with E-state index in [4.69, 9.17) is 7.85 Å². The van der Waals surface area contributed by atoms with Gasteiger partial charge in [-0.05, 0) is 42.8 Å². The Morgan fingerprint density at radius 2 is 1.91 bits per heavy atom. The van der Waals surface area contributed by atoms with Crippen LogP contribution in [0.4, 0.5) is 0 Å². The molecule has 0 amide bonds. The maximum absolute atomic E-state index is 12.9. The standard InChI is InChI=1S/C24H19BN2O4S2/c1-15-2-4-16(5-3-15)6-8-19-9-11-23(32-19)33(30,31)27-22(24(28)29)12-17-14-26-21-13-18(25)7-10-20(17)21/h2-5,7,9-11,13-14,22,26-27H,12H2,1H3,(H,28,29)/t22-/m1/s1. The SMILES string of the molecule is [B]c1ccc2c(C[C@@H](NS(=O)(=O)c3ccc(C#Cc4ccc(C)cc4)s3)C(=O)O)c[nH]c2c1. The van der Waals surface area contributed by atoms with Crippen LogP contribution < -0.4 is 10.2 Å². The molecular formula is C24H19BN2O4S2. The molecule has 6 nitrogen and oxygen atoms in total. The van der Waals surface area contributed by atoms with E-state index in [1.165, 1.54) is 6.07 Å². The Labute approximate surface area is 197 Å². The van der Waals surface area contributed by atoms with Crippen LogP contribution in [0, 0.1) is 18.8 Å². The third-order valence-electron chi connectivity index (χ3n) is 5.04. The molecule has 0 aliphatic carbocycles. The minimum absolute atomic E-state index is 0.00802. The number of nitrogens with one attached hydrogen (secondary N) is 2. The van der Waals surface area contributed by atoms with Crippen molar-refractivity contribution in [2.24, 2.45) is 0 Å². The fraction of sp³-hybridized carbons (Fsp3) is 0.125. The Hall–Kier alpha value is -3.32. The molecule has 164 valence electrons. The number of hydrogen-bond donors (Lipinski definition) is 3. The third kappa shape index (κ3) is 5.37. The largest absolute Gasteiger partial charge is 0.480 e. The molecule has 3 N–H and O–H groups in total. The normalized spacial score (nSPS) is 12.3. The molecular weight excluding hydrogens is 455 g/mol. The van der Waals surface area contributed by atoms with E-state index in [0.717, 1.165) is 33.4 Å². The minimum Gasteiger partial charge on any atom is -0.480 e. The van der Waals surface area contributed by atoms with Crippen LogP contribution >= 0.6 is 11.3 Å². The zero-order chi connectivity index (χ0) is 23.6. The predicted octanol–water partition coefficient (Wildman–Crippen LogP) is 2.71. The summed E-state index contributed by atoms with van der Waals surface area (Å²) < 4.78 is 28.1. The molecule has 33 heavy (non-hydrogen) atoms. The van der Waals surface area contributed by atoms with Gasteiger partial charge in [0.05, 0.1) is 4.88 Å². The number of aromatic nitrogens is 1. The summed E-state index contributed by atoms with van der Waals surface area (Å²) in [6, 6.07) is 14.6. The molecule has 0 saturated heterocycles. The maximum atomic E-state index is 12.9. The van der Waals surface area contributed by atoms with Gasteiger partial charge in [-0.2, -0.15) is 4.72 Å². The first-order valence-corrected chi connectivity index (χ1v) is 12.3.